The molecule has 1 amide bonds. The van der Waals surface area contributed by atoms with Crippen molar-refractivity contribution >= 4 is 21.4 Å². The molecule has 0 aromatic heterocycles. The number of nitrogens with one attached hydrogen (secondary N) is 1. The smallest absolute Gasteiger partial charge is 0.224 e. The van der Waals surface area contributed by atoms with E-state index in [9.17, 15) is 13.2 Å². The Labute approximate surface area is 157 Å². The lowest BCUT2D eigenvalue weighted by Crippen LogP contribution is -2.36. The average Bonchev–Trinajstić information content (AvgIpc) is 2.54. The van der Waals surface area contributed by atoms with Crippen LogP contribution in [0, 0.1) is 5.41 Å². The van der Waals surface area contributed by atoms with Gasteiger partial charge in [-0.3, -0.25) is 4.79 Å². The van der Waals surface area contributed by atoms with Crippen molar-refractivity contribution in [3.05, 3.63) is 29.8 Å². The van der Waals surface area contributed by atoms with Gasteiger partial charge in [0.05, 0.1) is 10.5 Å². The number of carbonyl (C=O) groups is 1. The molecule has 3 N–H and O–H groups in total. The molecule has 0 aliphatic heterocycles. The second kappa shape index (κ2) is 8.09. The average molecular weight is 381 g/mol. The first kappa shape index (κ1) is 20.9. The van der Waals surface area contributed by atoms with Crippen molar-refractivity contribution in [2.45, 2.75) is 69.8 Å². The first-order valence-electron chi connectivity index (χ1n) is 9.38. The first-order valence-corrected chi connectivity index (χ1v) is 11.0. The van der Waals surface area contributed by atoms with Crippen LogP contribution in [0.25, 0.3) is 0 Å². The summed E-state index contributed by atoms with van der Waals surface area (Å²) in [5.41, 5.74) is 7.20. The maximum Gasteiger partial charge on any atom is 0.224 e. The molecule has 6 heteroatoms. The normalized spacial score (nSPS) is 17.7. The Balaban J connectivity index is 2.05. The molecule has 0 heterocycles. The van der Waals surface area contributed by atoms with Crippen molar-refractivity contribution in [2.75, 3.05) is 11.9 Å². The fraction of sp³-hybridized carbons (Fsp3) is 0.650. The van der Waals surface area contributed by atoms with Crippen molar-refractivity contribution in [1.29, 1.82) is 0 Å². The first-order chi connectivity index (χ1) is 12.1. The van der Waals surface area contributed by atoms with E-state index in [-0.39, 0.29) is 17.1 Å². The monoisotopic (exact) mass is 380 g/mol. The van der Waals surface area contributed by atoms with Gasteiger partial charge in [-0.05, 0) is 63.3 Å². The second-order valence-electron chi connectivity index (χ2n) is 8.56. The van der Waals surface area contributed by atoms with Crippen LogP contribution in [0.2, 0.25) is 0 Å². The van der Waals surface area contributed by atoms with Gasteiger partial charge < -0.3 is 11.1 Å². The fourth-order valence-electron chi connectivity index (χ4n) is 3.48. The highest BCUT2D eigenvalue weighted by Gasteiger charge is 2.33. The molecule has 0 radical (unpaired) electrons. The quantitative estimate of drug-likeness (QED) is 0.788. The minimum Gasteiger partial charge on any atom is -0.330 e. The van der Waals surface area contributed by atoms with E-state index in [1.54, 1.807) is 45.0 Å². The summed E-state index contributed by atoms with van der Waals surface area (Å²) in [6, 6.07) is 7.10. The summed E-state index contributed by atoms with van der Waals surface area (Å²) < 4.78 is 24.0. The summed E-state index contributed by atoms with van der Waals surface area (Å²) >= 11 is 0. The third kappa shape index (κ3) is 5.30. The van der Waals surface area contributed by atoms with Crippen molar-refractivity contribution in [3.63, 3.8) is 0 Å². The Kier molecular flexibility index (Phi) is 6.51. The SMILES string of the molecule is CC(C)(C)S(=O)(=O)Cc1cccc(NC(=O)CC2(CN)CCCCC2)c1. The summed E-state index contributed by atoms with van der Waals surface area (Å²) in [4.78, 5) is 12.5. The van der Waals surface area contributed by atoms with Crippen LogP contribution < -0.4 is 11.1 Å². The third-order valence-corrected chi connectivity index (χ3v) is 7.96. The van der Waals surface area contributed by atoms with Crippen LogP contribution in [0.15, 0.2) is 24.3 Å². The van der Waals surface area contributed by atoms with Crippen molar-refractivity contribution in [1.82, 2.24) is 0 Å². The number of sulfone groups is 1. The van der Waals surface area contributed by atoms with Crippen molar-refractivity contribution in [2.24, 2.45) is 11.1 Å². The zero-order chi connectivity index (χ0) is 19.4. The topological polar surface area (TPSA) is 89.3 Å². The Morgan fingerprint density at radius 2 is 1.85 bits per heavy atom. The maximum atomic E-state index is 12.5. The zero-order valence-corrected chi connectivity index (χ0v) is 17.0. The van der Waals surface area contributed by atoms with Gasteiger partial charge >= 0.3 is 0 Å². The van der Waals surface area contributed by atoms with Crippen LogP contribution >= 0.6 is 0 Å². The molecule has 0 bridgehead atoms. The molecule has 1 aliphatic carbocycles. The van der Waals surface area contributed by atoms with Crippen LogP contribution in [0.1, 0.15) is 64.9 Å². The lowest BCUT2D eigenvalue weighted by Gasteiger charge is -2.35. The van der Waals surface area contributed by atoms with Gasteiger partial charge in [-0.15, -0.1) is 0 Å². The van der Waals surface area contributed by atoms with E-state index in [4.69, 9.17) is 5.73 Å². The van der Waals surface area contributed by atoms with E-state index >= 15 is 0 Å². The van der Waals surface area contributed by atoms with Crippen LogP contribution in [-0.2, 0) is 20.4 Å². The van der Waals surface area contributed by atoms with Crippen LogP contribution in [0.4, 0.5) is 5.69 Å². The standard InChI is InChI=1S/C20H32N2O3S/c1-19(2,3)26(24,25)14-16-8-7-9-17(12-16)22-18(23)13-20(15-21)10-5-4-6-11-20/h7-9,12H,4-6,10-11,13-15,21H2,1-3H3,(H,22,23). The number of hydrogen-bond donors (Lipinski definition) is 2. The molecule has 2 rings (SSSR count). The maximum absolute atomic E-state index is 12.5. The summed E-state index contributed by atoms with van der Waals surface area (Å²) in [7, 11) is -3.26. The number of anilines is 1. The fourth-order valence-corrected chi connectivity index (χ4v) is 4.53. The molecule has 0 atom stereocenters. The Morgan fingerprint density at radius 3 is 2.42 bits per heavy atom. The summed E-state index contributed by atoms with van der Waals surface area (Å²) in [5.74, 6) is -0.0828. The van der Waals surface area contributed by atoms with Gasteiger partial charge in [-0.1, -0.05) is 31.4 Å². The van der Waals surface area contributed by atoms with E-state index in [1.807, 2.05) is 0 Å². The lowest BCUT2D eigenvalue weighted by molar-refractivity contribution is -0.118. The number of benzene rings is 1. The van der Waals surface area contributed by atoms with E-state index in [0.717, 1.165) is 25.7 Å². The van der Waals surface area contributed by atoms with Gasteiger partial charge in [0.15, 0.2) is 9.84 Å². The highest BCUT2D eigenvalue weighted by Crippen LogP contribution is 2.38. The molecule has 1 fully saturated rings. The Hall–Kier alpha value is -1.40. The number of carbonyl (C=O) groups excluding carboxylic acids is 1. The third-order valence-electron chi connectivity index (χ3n) is 5.38. The van der Waals surface area contributed by atoms with Crippen LogP contribution in [0.3, 0.4) is 0 Å². The predicted octanol–water partition coefficient (Wildman–Crippen LogP) is 3.64. The van der Waals surface area contributed by atoms with E-state index in [1.165, 1.54) is 6.42 Å². The van der Waals surface area contributed by atoms with Crippen LogP contribution in [-0.4, -0.2) is 25.6 Å². The molecular formula is C20H32N2O3S. The second-order valence-corrected chi connectivity index (χ2v) is 11.3. The van der Waals surface area contributed by atoms with Crippen molar-refractivity contribution in [3.8, 4) is 0 Å². The van der Waals surface area contributed by atoms with Gasteiger partial charge in [0.1, 0.15) is 0 Å². The van der Waals surface area contributed by atoms with E-state index in [0.29, 0.717) is 24.2 Å². The predicted molar refractivity (Wildman–Crippen MR) is 107 cm³/mol. The summed E-state index contributed by atoms with van der Waals surface area (Å²) in [6.07, 6.45) is 5.90. The van der Waals surface area contributed by atoms with Crippen LogP contribution in [0.5, 0.6) is 0 Å². The highest BCUT2D eigenvalue weighted by molar-refractivity contribution is 7.91. The van der Waals surface area contributed by atoms with Gasteiger partial charge in [0, 0.05) is 12.1 Å². The number of hydrogen-bond acceptors (Lipinski definition) is 4. The molecule has 1 saturated carbocycles. The minimum atomic E-state index is -3.26. The molecular weight excluding hydrogens is 348 g/mol. The zero-order valence-electron chi connectivity index (χ0n) is 16.2. The molecule has 1 aliphatic rings. The molecule has 0 unspecified atom stereocenters. The molecule has 1 aromatic carbocycles. The van der Waals surface area contributed by atoms with Crippen molar-refractivity contribution < 1.29 is 13.2 Å². The largest absolute Gasteiger partial charge is 0.330 e. The molecule has 26 heavy (non-hydrogen) atoms. The highest BCUT2D eigenvalue weighted by atomic mass is 32.2. The number of rotatable bonds is 6. The van der Waals surface area contributed by atoms with Gasteiger partial charge in [-0.2, -0.15) is 0 Å². The Bertz CT molecular complexity index is 730. The van der Waals surface area contributed by atoms with E-state index < -0.39 is 14.6 Å². The van der Waals surface area contributed by atoms with Gasteiger partial charge in [0.2, 0.25) is 5.91 Å². The molecule has 0 saturated heterocycles. The van der Waals surface area contributed by atoms with Gasteiger partial charge in [-0.25, -0.2) is 8.42 Å². The molecule has 5 nitrogen and oxygen atoms in total. The lowest BCUT2D eigenvalue weighted by atomic mass is 9.71. The molecule has 146 valence electrons. The molecule has 1 aromatic rings. The number of nitrogens with two attached hydrogens (primary N) is 1. The minimum absolute atomic E-state index is 0.0348. The number of amides is 1. The summed E-state index contributed by atoms with van der Waals surface area (Å²) in [6.45, 7) is 5.63. The van der Waals surface area contributed by atoms with Gasteiger partial charge in [0.25, 0.3) is 0 Å². The van der Waals surface area contributed by atoms with E-state index in [2.05, 4.69) is 5.32 Å². The molecule has 0 spiro atoms. The Morgan fingerprint density at radius 1 is 1.19 bits per heavy atom. The summed E-state index contributed by atoms with van der Waals surface area (Å²) in [5, 5.41) is 2.92.